The third-order valence-electron chi connectivity index (χ3n) is 2.81. The molecule has 6 heteroatoms. The van der Waals surface area contributed by atoms with Gasteiger partial charge in [-0.3, -0.25) is 0 Å². The molecule has 1 aromatic carbocycles. The molecule has 0 amide bonds. The minimum Gasteiger partial charge on any atom is -0.382 e. The average molecular weight is 287 g/mol. The van der Waals surface area contributed by atoms with Crippen LogP contribution in [0, 0.1) is 4.77 Å². The van der Waals surface area contributed by atoms with Crippen molar-refractivity contribution in [3.05, 3.63) is 28.0 Å². The van der Waals surface area contributed by atoms with Crippen molar-refractivity contribution < 1.29 is 9.47 Å². The summed E-state index contributed by atoms with van der Waals surface area (Å²) < 4.78 is 13.1. The second-order valence-corrected chi connectivity index (χ2v) is 4.84. The normalized spacial score (nSPS) is 13.1. The number of aromatic nitrogens is 2. The lowest BCUT2D eigenvalue weighted by Crippen LogP contribution is -2.23. The Labute approximate surface area is 115 Å². The van der Waals surface area contributed by atoms with Crippen LogP contribution in [0.3, 0.4) is 0 Å². The van der Waals surface area contributed by atoms with Crippen molar-refractivity contribution in [3.8, 4) is 0 Å². The van der Waals surface area contributed by atoms with Crippen molar-refractivity contribution in [2.24, 2.45) is 0 Å². The van der Waals surface area contributed by atoms with Crippen molar-refractivity contribution in [1.29, 1.82) is 0 Å². The van der Waals surface area contributed by atoms with Gasteiger partial charge in [-0.25, -0.2) is 0 Å². The third-order valence-corrected chi connectivity index (χ3v) is 3.37. The zero-order valence-corrected chi connectivity index (χ0v) is 11.8. The van der Waals surface area contributed by atoms with E-state index in [1.54, 1.807) is 14.2 Å². The number of hydrogen-bond donors (Lipinski definition) is 1. The van der Waals surface area contributed by atoms with Crippen molar-refractivity contribution in [2.45, 2.75) is 12.6 Å². The van der Waals surface area contributed by atoms with E-state index in [-0.39, 0.29) is 6.10 Å². The van der Waals surface area contributed by atoms with Gasteiger partial charge in [0.15, 0.2) is 4.77 Å². The van der Waals surface area contributed by atoms with E-state index in [1.165, 1.54) is 0 Å². The second kappa shape index (κ2) is 5.84. The Balaban J connectivity index is 2.40. The van der Waals surface area contributed by atoms with Gasteiger partial charge in [-0.05, 0) is 30.4 Å². The summed E-state index contributed by atoms with van der Waals surface area (Å²) >= 11 is 11.3. The lowest BCUT2D eigenvalue weighted by molar-refractivity contribution is 0.0188. The Kier molecular flexibility index (Phi) is 4.40. The van der Waals surface area contributed by atoms with Gasteiger partial charge in [-0.1, -0.05) is 11.6 Å². The molecule has 0 radical (unpaired) electrons. The lowest BCUT2D eigenvalue weighted by atomic mass is 10.3. The van der Waals surface area contributed by atoms with Crippen LogP contribution >= 0.6 is 23.8 Å². The van der Waals surface area contributed by atoms with Crippen molar-refractivity contribution >= 4 is 34.9 Å². The highest BCUT2D eigenvalue weighted by Gasteiger charge is 2.12. The van der Waals surface area contributed by atoms with Crippen LogP contribution in [-0.4, -0.2) is 36.5 Å². The van der Waals surface area contributed by atoms with Crippen LogP contribution < -0.4 is 0 Å². The quantitative estimate of drug-likeness (QED) is 0.859. The number of hydrogen-bond acceptors (Lipinski definition) is 3. The fourth-order valence-corrected chi connectivity index (χ4v) is 2.34. The van der Waals surface area contributed by atoms with Gasteiger partial charge in [-0.15, -0.1) is 0 Å². The van der Waals surface area contributed by atoms with Gasteiger partial charge >= 0.3 is 0 Å². The Bertz CT molecular complexity index is 593. The van der Waals surface area contributed by atoms with E-state index in [2.05, 4.69) is 4.98 Å². The van der Waals surface area contributed by atoms with Gasteiger partial charge in [0.1, 0.15) is 0 Å². The molecule has 0 aliphatic heterocycles. The molecule has 0 bridgehead atoms. The van der Waals surface area contributed by atoms with Crippen molar-refractivity contribution in [3.63, 3.8) is 0 Å². The van der Waals surface area contributed by atoms with E-state index >= 15 is 0 Å². The Morgan fingerprint density at radius 1 is 1.44 bits per heavy atom. The van der Waals surface area contributed by atoms with E-state index in [0.717, 1.165) is 11.0 Å². The first-order valence-electron chi connectivity index (χ1n) is 5.55. The molecule has 1 aromatic heterocycles. The number of aromatic amines is 1. The highest BCUT2D eigenvalue weighted by Crippen LogP contribution is 2.19. The number of nitrogens with zero attached hydrogens (tertiary/aromatic N) is 1. The maximum atomic E-state index is 6.01. The number of H-pyrrole nitrogens is 1. The van der Waals surface area contributed by atoms with Crippen LogP contribution in [0.2, 0.25) is 5.02 Å². The number of ether oxygens (including phenoxy) is 2. The topological polar surface area (TPSA) is 39.2 Å². The van der Waals surface area contributed by atoms with E-state index in [0.29, 0.717) is 22.9 Å². The molecular formula is C12H15ClN2O2S. The molecule has 4 nitrogen and oxygen atoms in total. The maximum absolute atomic E-state index is 6.01. The lowest BCUT2D eigenvalue weighted by Gasteiger charge is -2.15. The minimum atomic E-state index is -0.0420. The third kappa shape index (κ3) is 2.75. The molecule has 1 heterocycles. The molecule has 2 aromatic rings. The van der Waals surface area contributed by atoms with Gasteiger partial charge in [0.2, 0.25) is 0 Å². The van der Waals surface area contributed by atoms with Crippen LogP contribution in [0.1, 0.15) is 0 Å². The average Bonchev–Trinajstić information content (AvgIpc) is 2.65. The van der Waals surface area contributed by atoms with Gasteiger partial charge < -0.3 is 19.0 Å². The van der Waals surface area contributed by atoms with Crippen LogP contribution in [-0.2, 0) is 16.0 Å². The fraction of sp³-hybridized carbons (Fsp3) is 0.417. The zero-order valence-electron chi connectivity index (χ0n) is 10.3. The summed E-state index contributed by atoms with van der Waals surface area (Å²) in [5.41, 5.74) is 1.95. The first kappa shape index (κ1) is 13.5. The highest BCUT2D eigenvalue weighted by molar-refractivity contribution is 7.71. The summed E-state index contributed by atoms with van der Waals surface area (Å²) in [5.74, 6) is 0. The van der Waals surface area contributed by atoms with Gasteiger partial charge in [-0.2, -0.15) is 0 Å². The summed E-state index contributed by atoms with van der Waals surface area (Å²) in [7, 11) is 3.31. The van der Waals surface area contributed by atoms with E-state index in [4.69, 9.17) is 33.3 Å². The number of fused-ring (bicyclic) bond motifs is 1. The van der Waals surface area contributed by atoms with Crippen LogP contribution in [0.15, 0.2) is 18.2 Å². The number of benzene rings is 1. The molecule has 0 aliphatic rings. The van der Waals surface area contributed by atoms with E-state index < -0.39 is 0 Å². The van der Waals surface area contributed by atoms with Gasteiger partial charge in [0, 0.05) is 19.2 Å². The molecule has 1 unspecified atom stereocenters. The molecule has 0 saturated carbocycles. The van der Waals surface area contributed by atoms with Crippen LogP contribution in [0.4, 0.5) is 0 Å². The number of methoxy groups -OCH3 is 2. The smallest absolute Gasteiger partial charge is 0.178 e. The maximum Gasteiger partial charge on any atom is 0.178 e. The molecule has 18 heavy (non-hydrogen) atoms. The number of nitrogens with one attached hydrogen (secondary N) is 1. The van der Waals surface area contributed by atoms with Crippen molar-refractivity contribution in [1.82, 2.24) is 9.55 Å². The SMILES string of the molecule is COCC(Cn1c(=S)[nH]c2ccc(Cl)cc21)OC. The largest absolute Gasteiger partial charge is 0.382 e. The van der Waals surface area contributed by atoms with E-state index in [1.807, 2.05) is 22.8 Å². The van der Waals surface area contributed by atoms with Crippen LogP contribution in [0.5, 0.6) is 0 Å². The van der Waals surface area contributed by atoms with Crippen LogP contribution in [0.25, 0.3) is 11.0 Å². The number of imidazole rings is 1. The summed E-state index contributed by atoms with van der Waals surface area (Å²) in [5, 5.41) is 0.686. The molecular weight excluding hydrogens is 272 g/mol. The number of halogens is 1. The van der Waals surface area contributed by atoms with Crippen molar-refractivity contribution in [2.75, 3.05) is 20.8 Å². The molecule has 1 N–H and O–H groups in total. The Morgan fingerprint density at radius 2 is 2.22 bits per heavy atom. The minimum absolute atomic E-state index is 0.0420. The summed E-state index contributed by atoms with van der Waals surface area (Å²) in [6.07, 6.45) is -0.0420. The van der Waals surface area contributed by atoms with Gasteiger partial charge in [0.25, 0.3) is 0 Å². The fourth-order valence-electron chi connectivity index (χ4n) is 1.89. The molecule has 98 valence electrons. The molecule has 0 spiro atoms. The predicted octanol–water partition coefficient (Wildman–Crippen LogP) is 3.01. The Hall–Kier alpha value is -0.880. The standard InChI is InChI=1S/C12H15ClN2O2S/c1-16-7-9(17-2)6-15-11-5-8(13)3-4-10(11)14-12(15)18/h3-5,9H,6-7H2,1-2H3,(H,14,18). The highest BCUT2D eigenvalue weighted by atomic mass is 35.5. The Morgan fingerprint density at radius 3 is 2.89 bits per heavy atom. The molecule has 0 fully saturated rings. The molecule has 0 saturated heterocycles. The summed E-state index contributed by atoms with van der Waals surface area (Å²) in [4.78, 5) is 3.15. The zero-order chi connectivity index (χ0) is 13.1. The van der Waals surface area contributed by atoms with Gasteiger partial charge in [0.05, 0.1) is 30.3 Å². The monoisotopic (exact) mass is 286 g/mol. The summed E-state index contributed by atoms with van der Waals surface area (Å²) in [6, 6.07) is 5.65. The summed E-state index contributed by atoms with van der Waals surface area (Å²) in [6.45, 7) is 1.15. The first-order valence-corrected chi connectivity index (χ1v) is 6.34. The van der Waals surface area contributed by atoms with E-state index in [9.17, 15) is 0 Å². The molecule has 1 atom stereocenters. The molecule has 2 rings (SSSR count). The second-order valence-electron chi connectivity index (χ2n) is 4.02. The predicted molar refractivity (Wildman–Crippen MR) is 74.8 cm³/mol. The first-order chi connectivity index (χ1) is 8.65. The molecule has 0 aliphatic carbocycles. The number of rotatable bonds is 5.